The molecule has 0 aliphatic heterocycles. The second kappa shape index (κ2) is 15.7. The van der Waals surface area contributed by atoms with E-state index in [0.717, 1.165) is 31.4 Å². The average molecular weight is 369 g/mol. The van der Waals surface area contributed by atoms with E-state index in [1.807, 2.05) is 0 Å². The molecule has 1 aromatic heterocycles. The van der Waals surface area contributed by atoms with Crippen LogP contribution in [0.5, 0.6) is 0 Å². The number of amides is 1. The van der Waals surface area contributed by atoms with Crippen LogP contribution in [0.2, 0.25) is 0 Å². The Kier molecular flexibility index (Phi) is 14.0. The maximum absolute atomic E-state index is 11.3. The first-order valence-electron chi connectivity index (χ1n) is 8.47. The van der Waals surface area contributed by atoms with Crippen LogP contribution in [0.25, 0.3) is 0 Å². The number of carbonyl (C=O) groups excluding carboxylic acids is 1. The number of carboxylic acids is 2. The monoisotopic (exact) mass is 369 g/mol. The first kappa shape index (κ1) is 23.2. The molecule has 146 valence electrons. The highest BCUT2D eigenvalue weighted by atomic mass is 16.5. The van der Waals surface area contributed by atoms with Crippen LogP contribution in [-0.2, 0) is 20.7 Å². The number of imidazole rings is 1. The summed E-state index contributed by atoms with van der Waals surface area (Å²) in [6.45, 7) is 3.32. The number of carbonyl (C=O) groups is 3. The third-order valence-corrected chi connectivity index (χ3v) is 3.05. The van der Waals surface area contributed by atoms with Crippen molar-refractivity contribution in [3.05, 3.63) is 30.4 Å². The molecule has 0 aliphatic carbocycles. The van der Waals surface area contributed by atoms with E-state index in [1.54, 1.807) is 12.5 Å². The summed E-state index contributed by atoms with van der Waals surface area (Å²) in [5, 5.41) is 18.4. The average Bonchev–Trinajstić information content (AvgIpc) is 3.11. The molecule has 4 N–H and O–H groups in total. The summed E-state index contributed by atoms with van der Waals surface area (Å²) < 4.78 is 5.06. The molecule has 0 aliphatic rings. The van der Waals surface area contributed by atoms with Crippen LogP contribution in [0.15, 0.2) is 24.7 Å². The molecule has 1 heterocycles. The summed E-state index contributed by atoms with van der Waals surface area (Å²) in [5.74, 6) is -2.51. The number of unbranched alkanes of at least 4 members (excludes halogenated alkanes) is 3. The first-order valence-corrected chi connectivity index (χ1v) is 8.47. The number of hydrogen-bond acceptors (Lipinski definition) is 5. The zero-order valence-corrected chi connectivity index (χ0v) is 14.9. The van der Waals surface area contributed by atoms with Crippen LogP contribution in [-0.4, -0.2) is 51.4 Å². The molecule has 9 heteroatoms. The number of hydrogen-bond donors (Lipinski definition) is 4. The van der Waals surface area contributed by atoms with Crippen LogP contribution in [0.1, 0.15) is 44.7 Å². The predicted octanol–water partition coefficient (Wildman–Crippen LogP) is 2.36. The number of nitrogens with zero attached hydrogens (tertiary/aromatic N) is 1. The van der Waals surface area contributed by atoms with Gasteiger partial charge in [0.25, 0.3) is 0 Å². The van der Waals surface area contributed by atoms with E-state index in [1.165, 1.54) is 12.8 Å². The van der Waals surface area contributed by atoms with E-state index in [0.29, 0.717) is 25.3 Å². The van der Waals surface area contributed by atoms with Crippen LogP contribution < -0.4 is 5.32 Å². The van der Waals surface area contributed by atoms with Gasteiger partial charge in [0.2, 0.25) is 0 Å². The molecule has 1 aromatic rings. The van der Waals surface area contributed by atoms with Gasteiger partial charge in [0, 0.05) is 30.6 Å². The maximum Gasteiger partial charge on any atom is 0.407 e. The third kappa shape index (κ3) is 16.0. The minimum absolute atomic E-state index is 0.309. The smallest absolute Gasteiger partial charge is 0.407 e. The molecule has 1 amide bonds. The van der Waals surface area contributed by atoms with Gasteiger partial charge in [0.15, 0.2) is 0 Å². The molecule has 0 spiro atoms. The molecule has 0 radical (unpaired) electrons. The van der Waals surface area contributed by atoms with Crippen LogP contribution >= 0.6 is 0 Å². The Morgan fingerprint density at radius 3 is 2.38 bits per heavy atom. The van der Waals surface area contributed by atoms with Gasteiger partial charge in [-0.2, -0.15) is 0 Å². The van der Waals surface area contributed by atoms with Crippen LogP contribution in [0.4, 0.5) is 4.79 Å². The summed E-state index contributed by atoms with van der Waals surface area (Å²) >= 11 is 0. The number of aryl methyl sites for hydroxylation is 1. The number of aromatic nitrogens is 2. The normalized spacial score (nSPS) is 10.0. The number of ether oxygens (including phenoxy) is 1. The molecule has 1 rings (SSSR count). The van der Waals surface area contributed by atoms with Crippen molar-refractivity contribution in [2.24, 2.45) is 0 Å². The highest BCUT2D eigenvalue weighted by Crippen LogP contribution is 1.98. The Balaban J connectivity index is 0.000000660. The largest absolute Gasteiger partial charge is 0.478 e. The standard InChI is InChI=1S/C13H23N3O2.C4H4O4/c1-2-3-4-5-8-15-13(17)18-9-6-7-12-10-14-11-16-12;5-3(6)1-2-4(7)8/h10-11H,2-9H2,1H3,(H,14,16)(H,15,17);1-2H,(H,5,6)(H,7,8)/b;2-1+. The Bertz CT molecular complexity index is 527. The van der Waals surface area contributed by atoms with Gasteiger partial charge in [-0.3, -0.25) is 0 Å². The second-order valence-corrected chi connectivity index (χ2v) is 5.31. The zero-order chi connectivity index (χ0) is 19.6. The lowest BCUT2D eigenvalue weighted by Crippen LogP contribution is -2.25. The number of aromatic amines is 1. The van der Waals surface area contributed by atoms with E-state index in [-0.39, 0.29) is 6.09 Å². The highest BCUT2D eigenvalue weighted by molar-refractivity contribution is 5.89. The van der Waals surface area contributed by atoms with Crippen molar-refractivity contribution in [1.82, 2.24) is 15.3 Å². The molecular weight excluding hydrogens is 342 g/mol. The van der Waals surface area contributed by atoms with E-state index in [9.17, 15) is 14.4 Å². The topological polar surface area (TPSA) is 142 Å². The van der Waals surface area contributed by atoms with Crippen LogP contribution in [0, 0.1) is 0 Å². The van der Waals surface area contributed by atoms with E-state index >= 15 is 0 Å². The minimum atomic E-state index is -1.26. The molecule has 0 fully saturated rings. The van der Waals surface area contributed by atoms with Crippen molar-refractivity contribution < 1.29 is 29.3 Å². The lowest BCUT2D eigenvalue weighted by atomic mass is 10.2. The van der Waals surface area contributed by atoms with E-state index < -0.39 is 11.9 Å². The van der Waals surface area contributed by atoms with Gasteiger partial charge >= 0.3 is 18.0 Å². The SMILES string of the molecule is CCCCCCNC(=O)OCCCc1cnc[nH]1.O=C(O)/C=C/C(=O)O. The van der Waals surface area contributed by atoms with Gasteiger partial charge in [-0.1, -0.05) is 26.2 Å². The molecule has 0 atom stereocenters. The predicted molar refractivity (Wildman–Crippen MR) is 94.8 cm³/mol. The molecule has 0 saturated carbocycles. The maximum atomic E-state index is 11.3. The summed E-state index contributed by atoms with van der Waals surface area (Å²) in [6, 6.07) is 0. The van der Waals surface area contributed by atoms with Crippen molar-refractivity contribution in [2.45, 2.75) is 45.4 Å². The Hall–Kier alpha value is -2.84. The number of H-pyrrole nitrogens is 1. The van der Waals surface area contributed by atoms with Gasteiger partial charge < -0.3 is 25.3 Å². The van der Waals surface area contributed by atoms with Crippen LogP contribution in [0.3, 0.4) is 0 Å². The van der Waals surface area contributed by atoms with E-state index in [2.05, 4.69) is 22.2 Å². The number of aliphatic carboxylic acids is 2. The first-order chi connectivity index (χ1) is 12.5. The van der Waals surface area contributed by atoms with E-state index in [4.69, 9.17) is 14.9 Å². The fourth-order valence-electron chi connectivity index (χ4n) is 1.78. The quantitative estimate of drug-likeness (QED) is 0.346. The number of rotatable bonds is 11. The Morgan fingerprint density at radius 2 is 1.85 bits per heavy atom. The number of nitrogens with one attached hydrogen (secondary N) is 2. The Morgan fingerprint density at radius 1 is 1.15 bits per heavy atom. The minimum Gasteiger partial charge on any atom is -0.478 e. The fourth-order valence-corrected chi connectivity index (χ4v) is 1.78. The molecular formula is C17H27N3O6. The highest BCUT2D eigenvalue weighted by Gasteiger charge is 2.01. The van der Waals surface area contributed by atoms with Crippen molar-refractivity contribution >= 4 is 18.0 Å². The van der Waals surface area contributed by atoms with Gasteiger partial charge in [0.05, 0.1) is 12.9 Å². The molecule has 0 aromatic carbocycles. The number of alkyl carbamates (subject to hydrolysis) is 1. The van der Waals surface area contributed by atoms with Crippen molar-refractivity contribution in [3.63, 3.8) is 0 Å². The lowest BCUT2D eigenvalue weighted by Gasteiger charge is -2.06. The summed E-state index contributed by atoms with van der Waals surface area (Å²) in [5.41, 5.74) is 1.07. The van der Waals surface area contributed by atoms with Crippen molar-refractivity contribution in [2.75, 3.05) is 13.2 Å². The summed E-state index contributed by atoms with van der Waals surface area (Å²) in [4.78, 5) is 37.3. The zero-order valence-electron chi connectivity index (χ0n) is 14.9. The summed E-state index contributed by atoms with van der Waals surface area (Å²) in [6.07, 6.45) is 10.5. The van der Waals surface area contributed by atoms with Gasteiger partial charge in [-0.25, -0.2) is 19.4 Å². The third-order valence-electron chi connectivity index (χ3n) is 3.05. The molecule has 0 saturated heterocycles. The lowest BCUT2D eigenvalue weighted by molar-refractivity contribution is -0.134. The van der Waals surface area contributed by atoms with Gasteiger partial charge in [0.1, 0.15) is 0 Å². The Labute approximate surface area is 152 Å². The van der Waals surface area contributed by atoms with Gasteiger partial charge in [-0.15, -0.1) is 0 Å². The van der Waals surface area contributed by atoms with Crippen molar-refractivity contribution in [3.8, 4) is 0 Å². The second-order valence-electron chi connectivity index (χ2n) is 5.31. The molecule has 9 nitrogen and oxygen atoms in total. The van der Waals surface area contributed by atoms with Crippen molar-refractivity contribution in [1.29, 1.82) is 0 Å². The molecule has 26 heavy (non-hydrogen) atoms. The fraction of sp³-hybridized carbons (Fsp3) is 0.529. The van der Waals surface area contributed by atoms with Gasteiger partial charge in [-0.05, 0) is 19.3 Å². The summed E-state index contributed by atoms with van der Waals surface area (Å²) in [7, 11) is 0. The molecule has 0 unspecified atom stereocenters. The molecule has 0 bridgehead atoms. The number of carboxylic acid groups (broad SMARTS) is 2.